The van der Waals surface area contributed by atoms with Crippen LogP contribution in [0.5, 0.6) is 0 Å². The van der Waals surface area contributed by atoms with Crippen molar-refractivity contribution in [2.75, 3.05) is 23.8 Å². The third-order valence-corrected chi connectivity index (χ3v) is 3.03. The summed E-state index contributed by atoms with van der Waals surface area (Å²) in [6.07, 6.45) is 2.32. The summed E-state index contributed by atoms with van der Waals surface area (Å²) < 4.78 is 0. The number of anilines is 2. The van der Waals surface area contributed by atoms with Crippen molar-refractivity contribution >= 4 is 11.6 Å². The Balaban J connectivity index is 2.34. The zero-order chi connectivity index (χ0) is 13.3. The normalized spacial score (nSPS) is 15.8. The van der Waals surface area contributed by atoms with E-state index in [2.05, 4.69) is 35.6 Å². The molecule has 0 unspecified atom stereocenters. The van der Waals surface area contributed by atoms with Gasteiger partial charge in [-0.05, 0) is 12.8 Å². The third-order valence-electron chi connectivity index (χ3n) is 3.03. The molecule has 5 heteroatoms. The Hall–Kier alpha value is -1.36. The lowest BCUT2D eigenvalue weighted by Gasteiger charge is -2.25. The fourth-order valence-corrected chi connectivity index (χ4v) is 1.91. The van der Waals surface area contributed by atoms with Gasteiger partial charge in [-0.3, -0.25) is 0 Å². The maximum Gasteiger partial charge on any atom is 0.138 e. The van der Waals surface area contributed by atoms with E-state index in [1.165, 1.54) is 0 Å². The summed E-state index contributed by atoms with van der Waals surface area (Å²) in [4.78, 5) is 11.0. The maximum atomic E-state index is 9.16. The van der Waals surface area contributed by atoms with Crippen molar-refractivity contribution in [1.82, 2.24) is 9.97 Å². The van der Waals surface area contributed by atoms with E-state index in [0.717, 1.165) is 24.5 Å². The molecule has 1 aromatic heterocycles. The molecule has 0 radical (unpaired) electrons. The minimum atomic E-state index is -0.126. The number of aliphatic hydroxyl groups excluding tert-OH is 1. The lowest BCUT2D eigenvalue weighted by molar-refractivity contribution is 0.301. The van der Waals surface area contributed by atoms with Crippen LogP contribution in [0.15, 0.2) is 6.07 Å². The molecule has 1 fully saturated rings. The molecule has 0 aromatic carbocycles. The molecule has 0 spiro atoms. The molecule has 0 saturated heterocycles. The van der Waals surface area contributed by atoms with Crippen LogP contribution in [0.2, 0.25) is 0 Å². The summed E-state index contributed by atoms with van der Waals surface area (Å²) >= 11 is 0. The lowest BCUT2D eigenvalue weighted by atomic mass is 9.96. The zero-order valence-corrected chi connectivity index (χ0v) is 11.3. The van der Waals surface area contributed by atoms with E-state index in [1.54, 1.807) is 6.07 Å². The molecule has 0 aliphatic heterocycles. The number of hydrogen-bond donors (Lipinski definition) is 2. The number of aromatic nitrogens is 2. The zero-order valence-electron chi connectivity index (χ0n) is 11.3. The quantitative estimate of drug-likeness (QED) is 0.843. The van der Waals surface area contributed by atoms with E-state index in [0.29, 0.717) is 18.4 Å². The van der Waals surface area contributed by atoms with Crippen LogP contribution in [0.1, 0.15) is 39.4 Å². The molecule has 0 amide bonds. The molecule has 1 saturated carbocycles. The van der Waals surface area contributed by atoms with Gasteiger partial charge in [-0.25, -0.2) is 9.97 Å². The molecule has 100 valence electrons. The van der Waals surface area contributed by atoms with Gasteiger partial charge >= 0.3 is 0 Å². The monoisotopic (exact) mass is 250 g/mol. The van der Waals surface area contributed by atoms with Crippen LogP contribution < -0.4 is 10.6 Å². The molecule has 1 heterocycles. The fraction of sp³-hybridized carbons (Fsp3) is 0.692. The van der Waals surface area contributed by atoms with Crippen LogP contribution in [0.3, 0.4) is 0 Å². The number of aliphatic hydroxyl groups is 1. The van der Waals surface area contributed by atoms with Crippen LogP contribution in [0.4, 0.5) is 11.6 Å². The topological polar surface area (TPSA) is 75.3 Å². The summed E-state index contributed by atoms with van der Waals surface area (Å²) in [5.74, 6) is 2.08. The highest BCUT2D eigenvalue weighted by atomic mass is 16.3. The Kier molecular flexibility index (Phi) is 3.43. The minimum absolute atomic E-state index is 0.126. The largest absolute Gasteiger partial charge is 0.395 e. The van der Waals surface area contributed by atoms with Gasteiger partial charge in [0.1, 0.15) is 17.5 Å². The van der Waals surface area contributed by atoms with Gasteiger partial charge in [-0.1, -0.05) is 20.8 Å². The predicted octanol–water partition coefficient (Wildman–Crippen LogP) is 1.32. The first kappa shape index (κ1) is 13.1. The number of hydrogen-bond acceptors (Lipinski definition) is 5. The number of nitrogens with zero attached hydrogens (tertiary/aromatic N) is 3. The van der Waals surface area contributed by atoms with Gasteiger partial charge in [0, 0.05) is 24.1 Å². The van der Waals surface area contributed by atoms with Gasteiger partial charge in [0.05, 0.1) is 6.61 Å². The Morgan fingerprint density at radius 1 is 1.39 bits per heavy atom. The van der Waals surface area contributed by atoms with Crippen molar-refractivity contribution < 1.29 is 5.11 Å². The van der Waals surface area contributed by atoms with Gasteiger partial charge in [0.15, 0.2) is 0 Å². The number of nitrogens with two attached hydrogens (primary N) is 1. The van der Waals surface area contributed by atoms with Crippen LogP contribution in [-0.2, 0) is 5.41 Å². The Morgan fingerprint density at radius 2 is 2.06 bits per heavy atom. The molecule has 18 heavy (non-hydrogen) atoms. The van der Waals surface area contributed by atoms with E-state index >= 15 is 0 Å². The van der Waals surface area contributed by atoms with E-state index < -0.39 is 0 Å². The van der Waals surface area contributed by atoms with Crippen molar-refractivity contribution in [3.63, 3.8) is 0 Å². The second-order valence-electron chi connectivity index (χ2n) is 5.87. The van der Waals surface area contributed by atoms with Crippen molar-refractivity contribution in [3.8, 4) is 0 Å². The second-order valence-corrected chi connectivity index (χ2v) is 5.87. The summed E-state index contributed by atoms with van der Waals surface area (Å²) in [5.41, 5.74) is 5.74. The van der Waals surface area contributed by atoms with Crippen LogP contribution in [0.25, 0.3) is 0 Å². The highest BCUT2D eigenvalue weighted by Crippen LogP contribution is 2.32. The fourth-order valence-electron chi connectivity index (χ4n) is 1.91. The lowest BCUT2D eigenvalue weighted by Crippen LogP contribution is -2.31. The molecule has 0 bridgehead atoms. The molecule has 3 N–H and O–H groups in total. The number of nitrogen functional groups attached to an aromatic ring is 1. The average Bonchev–Trinajstić information content (AvgIpc) is 3.07. The number of rotatable bonds is 4. The summed E-state index contributed by atoms with van der Waals surface area (Å²) in [6, 6.07) is 2.29. The average molecular weight is 250 g/mol. The third kappa shape index (κ3) is 2.90. The Labute approximate surface area is 108 Å². The van der Waals surface area contributed by atoms with Crippen LogP contribution in [-0.4, -0.2) is 34.3 Å². The minimum Gasteiger partial charge on any atom is -0.395 e. The SMILES string of the molecule is CC(C)(C)c1nc(N)cc(N(CCO)C2CC2)n1. The standard InChI is InChI=1S/C13H22N4O/c1-13(2,3)12-15-10(14)8-11(16-12)17(6-7-18)9-4-5-9/h8-9,18H,4-7H2,1-3H3,(H2,14,15,16). The molecule has 2 rings (SSSR count). The molecule has 1 aromatic rings. The summed E-state index contributed by atoms with van der Waals surface area (Å²) in [6.45, 7) is 6.94. The first-order valence-corrected chi connectivity index (χ1v) is 6.44. The Bertz CT molecular complexity index is 423. The molecule has 5 nitrogen and oxygen atoms in total. The molecular formula is C13H22N4O. The van der Waals surface area contributed by atoms with Gasteiger partial charge in [0.25, 0.3) is 0 Å². The molecular weight excluding hydrogens is 228 g/mol. The predicted molar refractivity (Wildman–Crippen MR) is 72.6 cm³/mol. The van der Waals surface area contributed by atoms with Crippen molar-refractivity contribution in [3.05, 3.63) is 11.9 Å². The van der Waals surface area contributed by atoms with Crippen molar-refractivity contribution in [2.45, 2.75) is 45.1 Å². The maximum absolute atomic E-state index is 9.16. The van der Waals surface area contributed by atoms with Crippen LogP contribution >= 0.6 is 0 Å². The highest BCUT2D eigenvalue weighted by Gasteiger charge is 2.30. The molecule has 1 aliphatic rings. The van der Waals surface area contributed by atoms with Gasteiger partial charge in [0.2, 0.25) is 0 Å². The smallest absolute Gasteiger partial charge is 0.138 e. The summed E-state index contributed by atoms with van der Waals surface area (Å²) in [7, 11) is 0. The van der Waals surface area contributed by atoms with E-state index in [9.17, 15) is 0 Å². The summed E-state index contributed by atoms with van der Waals surface area (Å²) in [5, 5.41) is 9.16. The van der Waals surface area contributed by atoms with Gasteiger partial charge in [-0.2, -0.15) is 0 Å². The van der Waals surface area contributed by atoms with E-state index in [-0.39, 0.29) is 12.0 Å². The van der Waals surface area contributed by atoms with Crippen molar-refractivity contribution in [2.24, 2.45) is 0 Å². The first-order valence-electron chi connectivity index (χ1n) is 6.44. The molecule has 0 atom stereocenters. The Morgan fingerprint density at radius 3 is 2.56 bits per heavy atom. The second kappa shape index (κ2) is 4.72. The van der Waals surface area contributed by atoms with E-state index in [1.807, 2.05) is 0 Å². The molecule has 1 aliphatic carbocycles. The first-order chi connectivity index (χ1) is 8.41. The highest BCUT2D eigenvalue weighted by molar-refractivity contribution is 5.49. The van der Waals surface area contributed by atoms with Crippen LogP contribution in [0, 0.1) is 0 Å². The van der Waals surface area contributed by atoms with E-state index in [4.69, 9.17) is 10.8 Å². The van der Waals surface area contributed by atoms with Crippen molar-refractivity contribution in [1.29, 1.82) is 0 Å². The van der Waals surface area contributed by atoms with Gasteiger partial charge in [-0.15, -0.1) is 0 Å². The van der Waals surface area contributed by atoms with Gasteiger partial charge < -0.3 is 15.7 Å².